The van der Waals surface area contributed by atoms with E-state index in [1.54, 1.807) is 0 Å². The van der Waals surface area contributed by atoms with Crippen LogP contribution in [0.4, 0.5) is 0 Å². The average Bonchev–Trinajstić information content (AvgIpc) is 2.95. The maximum Gasteiger partial charge on any atom is 0.151 e. The maximum atomic E-state index is 11.2. The summed E-state index contributed by atoms with van der Waals surface area (Å²) in [6.45, 7) is 4.79. The lowest BCUT2D eigenvalue weighted by Gasteiger charge is -2.11. The minimum absolute atomic E-state index is 0.680. The molecule has 0 aliphatic rings. The molecule has 1 aromatic heterocycles. The molecule has 0 saturated carbocycles. The lowest BCUT2D eigenvalue weighted by Crippen LogP contribution is -2.00. The van der Waals surface area contributed by atoms with E-state index in [4.69, 9.17) is 11.6 Å². The van der Waals surface area contributed by atoms with Crippen LogP contribution in [0.15, 0.2) is 54.7 Å². The Balaban J connectivity index is 2.02. The zero-order chi connectivity index (χ0) is 16.4. The zero-order valence-electron chi connectivity index (χ0n) is 13.2. The fourth-order valence-corrected chi connectivity index (χ4v) is 2.78. The van der Waals surface area contributed by atoms with Gasteiger partial charge in [-0.1, -0.05) is 47.5 Å². The molecule has 3 heteroatoms. The van der Waals surface area contributed by atoms with Crippen LogP contribution in [0.2, 0.25) is 5.02 Å². The molecule has 0 N–H and O–H groups in total. The zero-order valence-corrected chi connectivity index (χ0v) is 14.0. The number of halogens is 1. The highest BCUT2D eigenvalue weighted by Gasteiger charge is 2.10. The van der Waals surface area contributed by atoms with Crippen LogP contribution in [0.3, 0.4) is 0 Å². The van der Waals surface area contributed by atoms with Gasteiger partial charge in [-0.15, -0.1) is 0 Å². The lowest BCUT2D eigenvalue weighted by molar-refractivity contribution is 0.112. The van der Waals surface area contributed by atoms with Crippen LogP contribution in [0.5, 0.6) is 0 Å². The maximum absolute atomic E-state index is 11.2. The monoisotopic (exact) mass is 323 g/mol. The van der Waals surface area contributed by atoms with Crippen molar-refractivity contribution in [1.82, 2.24) is 4.57 Å². The molecule has 0 unspecified atom stereocenters. The van der Waals surface area contributed by atoms with Crippen molar-refractivity contribution in [1.29, 1.82) is 0 Å². The number of nitrogens with zero attached hydrogens (tertiary/aromatic N) is 1. The topological polar surface area (TPSA) is 22.0 Å². The van der Waals surface area contributed by atoms with Crippen molar-refractivity contribution in [2.45, 2.75) is 20.4 Å². The number of aryl methyl sites for hydroxylation is 2. The quantitative estimate of drug-likeness (QED) is 0.598. The van der Waals surface area contributed by atoms with Gasteiger partial charge in [0.25, 0.3) is 0 Å². The van der Waals surface area contributed by atoms with Gasteiger partial charge in [0.15, 0.2) is 6.29 Å². The van der Waals surface area contributed by atoms with Gasteiger partial charge in [-0.2, -0.15) is 0 Å². The molecule has 0 fully saturated rings. The minimum atomic E-state index is 0.680. The Hall–Kier alpha value is -2.32. The van der Waals surface area contributed by atoms with Crippen molar-refractivity contribution < 1.29 is 4.79 Å². The van der Waals surface area contributed by atoms with Gasteiger partial charge in [-0.3, -0.25) is 4.79 Å². The molecule has 2 nitrogen and oxygen atoms in total. The Morgan fingerprint density at radius 1 is 1.04 bits per heavy atom. The summed E-state index contributed by atoms with van der Waals surface area (Å²) in [6.07, 6.45) is 2.78. The molecule has 3 aromatic rings. The van der Waals surface area contributed by atoms with Crippen LogP contribution >= 0.6 is 11.6 Å². The second-order valence-corrected chi connectivity index (χ2v) is 6.26. The Morgan fingerprint density at radius 3 is 2.43 bits per heavy atom. The summed E-state index contributed by atoms with van der Waals surface area (Å²) in [6, 6.07) is 16.3. The first-order valence-electron chi connectivity index (χ1n) is 7.54. The van der Waals surface area contributed by atoms with E-state index < -0.39 is 0 Å². The van der Waals surface area contributed by atoms with Gasteiger partial charge in [-0.25, -0.2) is 0 Å². The van der Waals surface area contributed by atoms with Gasteiger partial charge in [0, 0.05) is 29.0 Å². The molecule has 0 aliphatic heterocycles. The van der Waals surface area contributed by atoms with Gasteiger partial charge < -0.3 is 4.57 Å². The van der Waals surface area contributed by atoms with Crippen molar-refractivity contribution in [3.8, 4) is 11.3 Å². The fourth-order valence-electron chi connectivity index (χ4n) is 2.67. The number of carbonyl (C=O) groups is 1. The first kappa shape index (κ1) is 15.6. The summed E-state index contributed by atoms with van der Waals surface area (Å²) in [4.78, 5) is 11.2. The minimum Gasteiger partial charge on any atom is -0.342 e. The van der Waals surface area contributed by atoms with E-state index in [0.29, 0.717) is 5.56 Å². The summed E-state index contributed by atoms with van der Waals surface area (Å²) in [5, 5.41) is 0.751. The van der Waals surface area contributed by atoms with E-state index in [0.717, 1.165) is 34.7 Å². The van der Waals surface area contributed by atoms with Gasteiger partial charge in [-0.05, 0) is 48.7 Å². The number of hydrogen-bond donors (Lipinski definition) is 0. The van der Waals surface area contributed by atoms with Gasteiger partial charge in [0.1, 0.15) is 0 Å². The first-order valence-corrected chi connectivity index (χ1v) is 7.92. The van der Waals surface area contributed by atoms with E-state index in [1.165, 1.54) is 11.1 Å². The predicted molar refractivity (Wildman–Crippen MR) is 95.3 cm³/mol. The van der Waals surface area contributed by atoms with Crippen LogP contribution in [0.25, 0.3) is 11.3 Å². The summed E-state index contributed by atoms with van der Waals surface area (Å²) < 4.78 is 2.11. The number of aldehydes is 1. The van der Waals surface area contributed by atoms with Crippen LogP contribution in [0.1, 0.15) is 27.0 Å². The fraction of sp³-hybridized carbons (Fsp3) is 0.150. The number of aromatic nitrogens is 1. The van der Waals surface area contributed by atoms with Crippen molar-refractivity contribution in [3.63, 3.8) is 0 Å². The highest BCUT2D eigenvalue weighted by atomic mass is 35.5. The molecule has 116 valence electrons. The molecule has 3 rings (SSSR count). The number of carbonyl (C=O) groups excluding carboxylic acids is 1. The molecular formula is C20H18ClNO. The Labute approximate surface area is 141 Å². The van der Waals surface area contributed by atoms with E-state index in [1.807, 2.05) is 31.3 Å². The molecule has 0 radical (unpaired) electrons. The Kier molecular flexibility index (Phi) is 4.35. The normalized spacial score (nSPS) is 10.7. The van der Waals surface area contributed by atoms with E-state index >= 15 is 0 Å². The molecule has 0 atom stereocenters. The molecule has 0 aliphatic carbocycles. The summed E-state index contributed by atoms with van der Waals surface area (Å²) in [5.74, 6) is 0. The van der Waals surface area contributed by atoms with E-state index in [2.05, 4.69) is 41.8 Å². The van der Waals surface area contributed by atoms with Crippen molar-refractivity contribution in [2.24, 2.45) is 0 Å². The molecular weight excluding hydrogens is 306 g/mol. The van der Waals surface area contributed by atoms with Crippen LogP contribution in [-0.4, -0.2) is 10.9 Å². The first-order chi connectivity index (χ1) is 11.1. The van der Waals surface area contributed by atoms with E-state index in [9.17, 15) is 4.79 Å². The Morgan fingerprint density at radius 2 is 1.78 bits per heavy atom. The van der Waals surface area contributed by atoms with Gasteiger partial charge >= 0.3 is 0 Å². The highest BCUT2D eigenvalue weighted by molar-refractivity contribution is 6.31. The molecule has 0 bridgehead atoms. The third-order valence-electron chi connectivity index (χ3n) is 3.98. The molecule has 2 aromatic carbocycles. The second-order valence-electron chi connectivity index (χ2n) is 5.85. The van der Waals surface area contributed by atoms with Crippen molar-refractivity contribution in [3.05, 3.63) is 82.0 Å². The summed E-state index contributed by atoms with van der Waals surface area (Å²) in [7, 11) is 0. The third-order valence-corrected chi connectivity index (χ3v) is 4.41. The predicted octanol–water partition coefficient (Wildman–Crippen LogP) is 5.29. The highest BCUT2D eigenvalue weighted by Crippen LogP contribution is 2.27. The standard InChI is InChI=1S/C20H18ClNO/c1-14-3-5-16(6-4-14)11-22-12-17(13-23)10-20(22)18-7-8-19(21)15(2)9-18/h3-10,12-13H,11H2,1-2H3. The molecule has 23 heavy (non-hydrogen) atoms. The molecule has 0 saturated heterocycles. The number of hydrogen-bond acceptors (Lipinski definition) is 1. The second kappa shape index (κ2) is 6.43. The Bertz CT molecular complexity index is 847. The van der Waals surface area contributed by atoms with Crippen LogP contribution in [0, 0.1) is 13.8 Å². The van der Waals surface area contributed by atoms with Gasteiger partial charge in [0.2, 0.25) is 0 Å². The van der Waals surface area contributed by atoms with Crippen molar-refractivity contribution in [2.75, 3.05) is 0 Å². The lowest BCUT2D eigenvalue weighted by atomic mass is 10.1. The molecule has 1 heterocycles. The largest absolute Gasteiger partial charge is 0.342 e. The molecule has 0 spiro atoms. The smallest absolute Gasteiger partial charge is 0.151 e. The number of benzene rings is 2. The van der Waals surface area contributed by atoms with Gasteiger partial charge in [0.05, 0.1) is 0 Å². The van der Waals surface area contributed by atoms with Crippen LogP contribution in [-0.2, 0) is 6.54 Å². The molecule has 0 amide bonds. The van der Waals surface area contributed by atoms with Crippen LogP contribution < -0.4 is 0 Å². The third kappa shape index (κ3) is 3.38. The summed E-state index contributed by atoms with van der Waals surface area (Å²) in [5.41, 5.74) is 6.23. The average molecular weight is 324 g/mol. The number of rotatable bonds is 4. The SMILES string of the molecule is Cc1ccc(Cn2cc(C=O)cc2-c2ccc(Cl)c(C)c2)cc1. The van der Waals surface area contributed by atoms with Crippen molar-refractivity contribution >= 4 is 17.9 Å². The van der Waals surface area contributed by atoms with E-state index in [-0.39, 0.29) is 0 Å². The summed E-state index contributed by atoms with van der Waals surface area (Å²) >= 11 is 6.12.